The van der Waals surface area contributed by atoms with Gasteiger partial charge in [0.15, 0.2) is 0 Å². The molecule has 1 amide bonds. The standard InChI is InChI=1S/C23H25N3O/c1-25-14-15-26(17-25)21-13-12-20(16-21)23(22(24)27,18-8-4-2-5-9-18)19-10-6-3-7-11-19/h2-11,14-15,17,20-21H,12-13,16H2,1H3,(H-,24,27)/p+1/t20-,21-/m0/s1. The van der Waals surface area contributed by atoms with Crippen molar-refractivity contribution in [2.45, 2.75) is 30.7 Å². The predicted octanol–water partition coefficient (Wildman–Crippen LogP) is 3.13. The molecular weight excluding hydrogens is 334 g/mol. The Morgan fingerprint density at radius 3 is 2.11 bits per heavy atom. The first-order chi connectivity index (χ1) is 13.1. The molecule has 0 radical (unpaired) electrons. The van der Waals surface area contributed by atoms with Crippen LogP contribution in [0.25, 0.3) is 0 Å². The van der Waals surface area contributed by atoms with Crippen molar-refractivity contribution in [1.82, 2.24) is 4.57 Å². The molecule has 0 saturated heterocycles. The molecule has 1 aliphatic carbocycles. The molecule has 1 heterocycles. The van der Waals surface area contributed by atoms with E-state index in [0.717, 1.165) is 30.4 Å². The molecule has 4 heteroatoms. The third-order valence-electron chi connectivity index (χ3n) is 6.08. The molecule has 3 aromatic rings. The fourth-order valence-corrected chi connectivity index (χ4v) is 4.83. The lowest BCUT2D eigenvalue weighted by Gasteiger charge is -2.37. The fraction of sp³-hybridized carbons (Fsp3) is 0.304. The lowest BCUT2D eigenvalue weighted by molar-refractivity contribution is -0.671. The minimum absolute atomic E-state index is 0.164. The number of carbonyl (C=O) groups is 1. The van der Waals surface area contributed by atoms with Gasteiger partial charge in [-0.2, -0.15) is 0 Å². The van der Waals surface area contributed by atoms with E-state index in [1.54, 1.807) is 0 Å². The van der Waals surface area contributed by atoms with E-state index in [0.29, 0.717) is 6.04 Å². The number of amides is 1. The van der Waals surface area contributed by atoms with Crippen LogP contribution in [0.5, 0.6) is 0 Å². The van der Waals surface area contributed by atoms with E-state index in [1.165, 1.54) is 0 Å². The van der Waals surface area contributed by atoms with Crippen LogP contribution in [0, 0.1) is 5.92 Å². The first kappa shape index (κ1) is 17.5. The van der Waals surface area contributed by atoms with E-state index in [4.69, 9.17) is 5.73 Å². The molecule has 1 aromatic heterocycles. The molecule has 1 fully saturated rings. The second kappa shape index (κ2) is 7.03. The summed E-state index contributed by atoms with van der Waals surface area (Å²) in [5.41, 5.74) is 7.34. The summed E-state index contributed by atoms with van der Waals surface area (Å²) in [6.45, 7) is 0. The summed E-state index contributed by atoms with van der Waals surface area (Å²) in [7, 11) is 2.03. The largest absolute Gasteiger partial charge is 0.369 e. The Balaban J connectivity index is 1.80. The molecule has 4 nitrogen and oxygen atoms in total. The Bertz CT molecular complexity index is 878. The minimum atomic E-state index is -0.799. The Labute approximate surface area is 160 Å². The molecule has 0 spiro atoms. The van der Waals surface area contributed by atoms with Crippen molar-refractivity contribution in [3.8, 4) is 0 Å². The number of benzene rings is 2. The highest BCUT2D eigenvalue weighted by molar-refractivity contribution is 5.91. The summed E-state index contributed by atoms with van der Waals surface area (Å²) < 4.78 is 4.32. The number of imidazole rings is 1. The molecule has 27 heavy (non-hydrogen) atoms. The summed E-state index contributed by atoms with van der Waals surface area (Å²) in [6.07, 6.45) is 9.24. The van der Waals surface area contributed by atoms with Gasteiger partial charge in [-0.05, 0) is 36.3 Å². The average Bonchev–Trinajstić information content (AvgIpc) is 3.33. The van der Waals surface area contributed by atoms with E-state index < -0.39 is 5.41 Å². The van der Waals surface area contributed by atoms with Crippen molar-refractivity contribution in [3.63, 3.8) is 0 Å². The quantitative estimate of drug-likeness (QED) is 0.698. The van der Waals surface area contributed by atoms with E-state index in [2.05, 4.69) is 27.9 Å². The zero-order valence-electron chi connectivity index (χ0n) is 15.7. The highest BCUT2D eigenvalue weighted by Crippen LogP contribution is 2.49. The van der Waals surface area contributed by atoms with Gasteiger partial charge in [0.25, 0.3) is 0 Å². The third-order valence-corrected chi connectivity index (χ3v) is 6.08. The molecule has 0 bridgehead atoms. The predicted molar refractivity (Wildman–Crippen MR) is 105 cm³/mol. The van der Waals surface area contributed by atoms with Crippen LogP contribution < -0.4 is 10.3 Å². The molecule has 2 aromatic carbocycles. The monoisotopic (exact) mass is 360 g/mol. The van der Waals surface area contributed by atoms with Crippen LogP contribution in [0.1, 0.15) is 36.4 Å². The fourth-order valence-electron chi connectivity index (χ4n) is 4.83. The number of hydrogen-bond acceptors (Lipinski definition) is 1. The Morgan fingerprint density at radius 1 is 1.04 bits per heavy atom. The zero-order chi connectivity index (χ0) is 18.9. The van der Waals surface area contributed by atoms with Gasteiger partial charge in [-0.15, -0.1) is 0 Å². The second-order valence-corrected chi connectivity index (χ2v) is 7.59. The number of primary amides is 1. The normalized spacial score (nSPS) is 19.9. The molecule has 1 saturated carbocycles. The highest BCUT2D eigenvalue weighted by atomic mass is 16.1. The van der Waals surface area contributed by atoms with Crippen LogP contribution in [-0.2, 0) is 17.3 Å². The van der Waals surface area contributed by atoms with Crippen molar-refractivity contribution < 1.29 is 9.36 Å². The number of aryl methyl sites for hydroxylation is 1. The molecule has 4 rings (SSSR count). The first-order valence-electron chi connectivity index (χ1n) is 9.56. The van der Waals surface area contributed by atoms with Gasteiger partial charge < -0.3 is 5.73 Å². The van der Waals surface area contributed by atoms with Crippen LogP contribution in [0.2, 0.25) is 0 Å². The average molecular weight is 360 g/mol. The molecule has 2 N–H and O–H groups in total. The van der Waals surface area contributed by atoms with Crippen LogP contribution in [0.4, 0.5) is 0 Å². The van der Waals surface area contributed by atoms with Crippen molar-refractivity contribution in [1.29, 1.82) is 0 Å². The van der Waals surface area contributed by atoms with Gasteiger partial charge in [0.2, 0.25) is 12.2 Å². The van der Waals surface area contributed by atoms with E-state index in [9.17, 15) is 4.79 Å². The van der Waals surface area contributed by atoms with Crippen molar-refractivity contribution in [2.75, 3.05) is 0 Å². The highest BCUT2D eigenvalue weighted by Gasteiger charge is 2.50. The van der Waals surface area contributed by atoms with Crippen LogP contribution in [-0.4, -0.2) is 10.5 Å². The number of nitrogens with two attached hydrogens (primary N) is 1. The van der Waals surface area contributed by atoms with Gasteiger partial charge >= 0.3 is 0 Å². The van der Waals surface area contributed by atoms with Gasteiger partial charge in [0.1, 0.15) is 23.9 Å². The Hall–Kier alpha value is -2.88. The van der Waals surface area contributed by atoms with Crippen LogP contribution in [0.15, 0.2) is 79.4 Å². The molecule has 0 unspecified atom stereocenters. The maximum absolute atomic E-state index is 13.1. The lowest BCUT2D eigenvalue weighted by atomic mass is 9.64. The minimum Gasteiger partial charge on any atom is -0.369 e. The molecule has 0 aliphatic heterocycles. The second-order valence-electron chi connectivity index (χ2n) is 7.59. The zero-order valence-corrected chi connectivity index (χ0v) is 15.7. The Morgan fingerprint density at radius 2 is 1.63 bits per heavy atom. The van der Waals surface area contributed by atoms with Gasteiger partial charge in [-0.3, -0.25) is 4.79 Å². The van der Waals surface area contributed by atoms with Crippen LogP contribution >= 0.6 is 0 Å². The molecule has 138 valence electrons. The number of nitrogens with zero attached hydrogens (tertiary/aromatic N) is 2. The van der Waals surface area contributed by atoms with Crippen molar-refractivity contribution >= 4 is 5.91 Å². The summed E-state index contributed by atoms with van der Waals surface area (Å²) in [6, 6.07) is 20.5. The van der Waals surface area contributed by atoms with E-state index >= 15 is 0 Å². The smallest absolute Gasteiger partial charge is 0.243 e. The summed E-state index contributed by atoms with van der Waals surface area (Å²) in [5, 5.41) is 0. The summed E-state index contributed by atoms with van der Waals surface area (Å²) in [4.78, 5) is 13.1. The van der Waals surface area contributed by atoms with Gasteiger partial charge in [0, 0.05) is 0 Å². The Kier molecular flexibility index (Phi) is 4.56. The van der Waals surface area contributed by atoms with Crippen molar-refractivity contribution in [2.24, 2.45) is 18.7 Å². The molecule has 2 atom stereocenters. The van der Waals surface area contributed by atoms with Gasteiger partial charge in [-0.25, -0.2) is 9.13 Å². The van der Waals surface area contributed by atoms with Crippen LogP contribution in [0.3, 0.4) is 0 Å². The SMILES string of the molecule is C[n+]1ccn([C@H]2CC[C@H](C(C(N)=O)(c3ccccc3)c3ccccc3)C2)c1. The van der Waals surface area contributed by atoms with Gasteiger partial charge in [0.05, 0.1) is 7.05 Å². The number of rotatable bonds is 5. The number of hydrogen-bond donors (Lipinski definition) is 1. The molecule has 1 aliphatic rings. The maximum Gasteiger partial charge on any atom is 0.243 e. The summed E-state index contributed by atoms with van der Waals surface area (Å²) in [5.74, 6) is -0.0962. The van der Waals surface area contributed by atoms with Gasteiger partial charge in [-0.1, -0.05) is 60.7 Å². The topological polar surface area (TPSA) is 51.9 Å². The third kappa shape index (κ3) is 2.95. The first-order valence-corrected chi connectivity index (χ1v) is 9.56. The maximum atomic E-state index is 13.1. The number of carbonyl (C=O) groups excluding carboxylic acids is 1. The number of aromatic nitrogens is 2. The molecular formula is C23H26N3O+. The van der Waals surface area contributed by atoms with E-state index in [-0.39, 0.29) is 11.8 Å². The lowest BCUT2D eigenvalue weighted by Crippen LogP contribution is -2.47. The van der Waals surface area contributed by atoms with Crippen molar-refractivity contribution in [3.05, 3.63) is 90.5 Å². The summed E-state index contributed by atoms with van der Waals surface area (Å²) >= 11 is 0. The van der Waals surface area contributed by atoms with E-state index in [1.807, 2.05) is 67.7 Å².